The first-order valence-electron chi connectivity index (χ1n) is 8.94. The second-order valence-electron chi connectivity index (χ2n) is 7.32. The minimum absolute atomic E-state index is 0.0637. The number of alkyl carbamates (subject to hydrolysis) is 1. The zero-order valence-electron chi connectivity index (χ0n) is 16.8. The van der Waals surface area contributed by atoms with Gasteiger partial charge in [0, 0.05) is 6.07 Å². The van der Waals surface area contributed by atoms with Crippen LogP contribution in [0.4, 0.5) is 21.0 Å². The molecule has 0 radical (unpaired) electrons. The van der Waals surface area contributed by atoms with Crippen LogP contribution >= 0.6 is 0 Å². The number of carbonyl (C=O) groups is 2. The molecular formula is C19H23N5O6. The summed E-state index contributed by atoms with van der Waals surface area (Å²) in [6.07, 6.45) is 1.37. The summed E-state index contributed by atoms with van der Waals surface area (Å²) < 4.78 is 5.25. The normalized spacial score (nSPS) is 12.0. The largest absolute Gasteiger partial charge is 0.465 e. The quantitative estimate of drug-likeness (QED) is 0.298. The number of carbonyl (C=O) groups excluding carboxylic acids is 1. The first-order valence-corrected chi connectivity index (χ1v) is 8.94. The van der Waals surface area contributed by atoms with Crippen LogP contribution in [0, 0.1) is 10.1 Å². The van der Waals surface area contributed by atoms with Gasteiger partial charge in [0.2, 0.25) is 0 Å². The molecule has 2 rings (SSSR count). The molecule has 0 unspecified atom stereocenters. The van der Waals surface area contributed by atoms with Crippen molar-refractivity contribution in [2.45, 2.75) is 38.8 Å². The number of amides is 2. The van der Waals surface area contributed by atoms with Gasteiger partial charge in [-0.1, -0.05) is 6.08 Å². The summed E-state index contributed by atoms with van der Waals surface area (Å²) in [5.74, 6) is 0.359. The molecule has 30 heavy (non-hydrogen) atoms. The zero-order valence-corrected chi connectivity index (χ0v) is 16.8. The van der Waals surface area contributed by atoms with E-state index in [0.717, 1.165) is 6.07 Å². The Hall–Kier alpha value is -3.89. The van der Waals surface area contributed by atoms with Crippen LogP contribution in [-0.4, -0.2) is 37.8 Å². The predicted octanol–water partition coefficient (Wildman–Crippen LogP) is 4.22. The monoisotopic (exact) mass is 417 g/mol. The fraction of sp³-hybridized carbons (Fsp3) is 0.316. The molecule has 2 amide bonds. The average Bonchev–Trinajstić information content (AvgIpc) is 3.09. The zero-order chi connectivity index (χ0) is 22.5. The number of aromatic amines is 1. The standard InChI is InChI=1S/C19H23N5O6/c1-5-6-13(23-18(27)30-19(2,3)4)16-20-10-14(22-16)12-8-7-11(21-17(25)26)9-15(12)24(28)29/h5,7-10,13,21H,1,6H2,2-4H3,(H,20,22)(H,23,27)(H,25,26)/t13-/m0/s1. The molecule has 2 aromatic rings. The van der Waals surface area contributed by atoms with Gasteiger partial charge in [-0.3, -0.25) is 15.4 Å². The molecule has 0 saturated heterocycles. The smallest absolute Gasteiger partial charge is 0.409 e. The number of hydrogen-bond donors (Lipinski definition) is 4. The number of benzene rings is 1. The van der Waals surface area contributed by atoms with E-state index in [1.807, 2.05) is 0 Å². The van der Waals surface area contributed by atoms with Crippen molar-refractivity contribution in [2.24, 2.45) is 0 Å². The Bertz CT molecular complexity index is 963. The van der Waals surface area contributed by atoms with Crippen LogP contribution in [0.5, 0.6) is 0 Å². The van der Waals surface area contributed by atoms with Crippen molar-refractivity contribution in [1.29, 1.82) is 0 Å². The van der Waals surface area contributed by atoms with Crippen LogP contribution in [0.3, 0.4) is 0 Å². The number of nitrogens with one attached hydrogen (secondary N) is 3. The number of nitrogens with zero attached hydrogens (tertiary/aromatic N) is 2. The number of aromatic nitrogens is 2. The lowest BCUT2D eigenvalue weighted by atomic mass is 10.1. The van der Waals surface area contributed by atoms with Gasteiger partial charge < -0.3 is 20.1 Å². The van der Waals surface area contributed by atoms with Gasteiger partial charge in [-0.15, -0.1) is 6.58 Å². The van der Waals surface area contributed by atoms with E-state index in [9.17, 15) is 19.7 Å². The average molecular weight is 417 g/mol. The lowest BCUT2D eigenvalue weighted by molar-refractivity contribution is -0.384. The molecule has 0 aliphatic heterocycles. The van der Waals surface area contributed by atoms with Crippen LogP contribution < -0.4 is 10.6 Å². The Morgan fingerprint density at radius 3 is 2.70 bits per heavy atom. The molecule has 4 N–H and O–H groups in total. The molecule has 0 aliphatic rings. The van der Waals surface area contributed by atoms with E-state index < -0.39 is 28.8 Å². The number of rotatable bonds is 7. The topological polar surface area (TPSA) is 159 Å². The maximum Gasteiger partial charge on any atom is 0.409 e. The van der Waals surface area contributed by atoms with Crippen molar-refractivity contribution in [3.63, 3.8) is 0 Å². The highest BCUT2D eigenvalue weighted by Crippen LogP contribution is 2.32. The van der Waals surface area contributed by atoms with Crippen molar-refractivity contribution in [2.75, 3.05) is 5.32 Å². The molecule has 1 aromatic carbocycles. The van der Waals surface area contributed by atoms with Gasteiger partial charge in [0.1, 0.15) is 11.4 Å². The van der Waals surface area contributed by atoms with Crippen LogP contribution in [0.25, 0.3) is 11.3 Å². The van der Waals surface area contributed by atoms with Crippen molar-refractivity contribution < 1.29 is 24.4 Å². The third-order valence-electron chi connectivity index (χ3n) is 3.75. The van der Waals surface area contributed by atoms with Gasteiger partial charge >= 0.3 is 12.2 Å². The number of imidazole rings is 1. The van der Waals surface area contributed by atoms with Crippen molar-refractivity contribution >= 4 is 23.6 Å². The molecule has 0 saturated carbocycles. The first-order chi connectivity index (χ1) is 14.0. The first kappa shape index (κ1) is 22.4. The number of ether oxygens (including phenoxy) is 1. The summed E-state index contributed by atoms with van der Waals surface area (Å²) in [5, 5.41) is 25.0. The highest BCUT2D eigenvalue weighted by Gasteiger charge is 2.23. The van der Waals surface area contributed by atoms with E-state index in [0.29, 0.717) is 17.9 Å². The lowest BCUT2D eigenvalue weighted by Gasteiger charge is -2.22. The van der Waals surface area contributed by atoms with Gasteiger partial charge in [0.25, 0.3) is 5.69 Å². The van der Waals surface area contributed by atoms with Crippen LogP contribution in [0.2, 0.25) is 0 Å². The molecule has 1 heterocycles. The molecule has 1 aromatic heterocycles. The molecule has 1 atom stereocenters. The second kappa shape index (κ2) is 9.07. The van der Waals surface area contributed by atoms with Crippen LogP contribution in [0.15, 0.2) is 37.1 Å². The summed E-state index contributed by atoms with van der Waals surface area (Å²) in [6, 6.07) is 3.34. The molecular weight excluding hydrogens is 394 g/mol. The van der Waals surface area contributed by atoms with Gasteiger partial charge in [-0.05, 0) is 39.3 Å². The van der Waals surface area contributed by atoms with E-state index >= 15 is 0 Å². The Kier molecular flexibility index (Phi) is 6.77. The number of hydrogen-bond acceptors (Lipinski definition) is 6. The Balaban J connectivity index is 2.33. The van der Waals surface area contributed by atoms with Crippen molar-refractivity contribution in [1.82, 2.24) is 15.3 Å². The SMILES string of the molecule is C=CC[C@H](NC(=O)OC(C)(C)C)c1ncc(-c2ccc(NC(=O)O)cc2[N+](=O)[O-])[nH]1. The minimum atomic E-state index is -1.33. The number of nitro benzene ring substituents is 1. The second-order valence-corrected chi connectivity index (χ2v) is 7.32. The van der Waals surface area contributed by atoms with Crippen molar-refractivity contribution in [3.05, 3.63) is 53.0 Å². The number of anilines is 1. The number of nitro groups is 1. The van der Waals surface area contributed by atoms with E-state index in [-0.39, 0.29) is 16.9 Å². The third-order valence-corrected chi connectivity index (χ3v) is 3.75. The molecule has 11 heteroatoms. The maximum atomic E-state index is 12.1. The molecule has 0 aliphatic carbocycles. The summed E-state index contributed by atoms with van der Waals surface area (Å²) in [6.45, 7) is 8.88. The van der Waals surface area contributed by atoms with Gasteiger partial charge in [0.15, 0.2) is 0 Å². The number of carboxylic acid groups (broad SMARTS) is 1. The maximum absolute atomic E-state index is 12.1. The van der Waals surface area contributed by atoms with Gasteiger partial charge in [-0.25, -0.2) is 14.6 Å². The molecule has 0 spiro atoms. The Morgan fingerprint density at radius 1 is 1.43 bits per heavy atom. The summed E-state index contributed by atoms with van der Waals surface area (Å²) >= 11 is 0. The molecule has 0 bridgehead atoms. The third kappa shape index (κ3) is 6.06. The van der Waals surface area contributed by atoms with Gasteiger partial charge in [0.05, 0.1) is 34.1 Å². The highest BCUT2D eigenvalue weighted by atomic mass is 16.6. The Labute approximate surface area is 172 Å². The molecule has 0 fully saturated rings. The van der Waals surface area contributed by atoms with Crippen molar-refractivity contribution in [3.8, 4) is 11.3 Å². The summed E-state index contributed by atoms with van der Waals surface area (Å²) in [7, 11) is 0. The van der Waals surface area contributed by atoms with Crippen LogP contribution in [-0.2, 0) is 4.74 Å². The summed E-state index contributed by atoms with van der Waals surface area (Å²) in [5.41, 5.74) is -0.377. The molecule has 160 valence electrons. The predicted molar refractivity (Wildman–Crippen MR) is 109 cm³/mol. The Morgan fingerprint density at radius 2 is 2.13 bits per heavy atom. The lowest BCUT2D eigenvalue weighted by Crippen LogP contribution is -2.35. The van der Waals surface area contributed by atoms with Gasteiger partial charge in [-0.2, -0.15) is 0 Å². The van der Waals surface area contributed by atoms with E-state index in [1.165, 1.54) is 18.3 Å². The fourth-order valence-corrected chi connectivity index (χ4v) is 2.62. The summed E-state index contributed by atoms with van der Waals surface area (Å²) in [4.78, 5) is 40.9. The number of H-pyrrole nitrogens is 1. The molecule has 11 nitrogen and oxygen atoms in total. The van der Waals surface area contributed by atoms with E-state index in [2.05, 4.69) is 27.2 Å². The highest BCUT2D eigenvalue weighted by molar-refractivity contribution is 5.85. The van der Waals surface area contributed by atoms with E-state index in [1.54, 1.807) is 26.8 Å². The fourth-order valence-electron chi connectivity index (χ4n) is 2.62. The van der Waals surface area contributed by atoms with E-state index in [4.69, 9.17) is 9.84 Å². The van der Waals surface area contributed by atoms with Crippen LogP contribution in [0.1, 0.15) is 39.1 Å². The minimum Gasteiger partial charge on any atom is -0.465 e.